The van der Waals surface area contributed by atoms with Crippen molar-refractivity contribution in [2.75, 3.05) is 5.32 Å². The minimum absolute atomic E-state index is 0.253. The Balaban J connectivity index is 1.88. The number of aryl methyl sites for hydroxylation is 2. The van der Waals surface area contributed by atoms with Gasteiger partial charge in [-0.1, -0.05) is 34.1 Å². The highest BCUT2D eigenvalue weighted by atomic mass is 79.9. The molecule has 1 amide bonds. The number of anilines is 1. The molecule has 4 rings (SSSR count). The Morgan fingerprint density at radius 3 is 2.67 bits per heavy atom. The van der Waals surface area contributed by atoms with Gasteiger partial charge < -0.3 is 9.73 Å². The molecule has 0 saturated heterocycles. The SMILES string of the molecule is Cc1ccc(NC(=O)c2cc3cc(Br)ccc3oc2=Nc2cccc(C)c2C)nc1. The number of hydrogen-bond donors (Lipinski definition) is 1. The summed E-state index contributed by atoms with van der Waals surface area (Å²) >= 11 is 3.47. The summed E-state index contributed by atoms with van der Waals surface area (Å²) in [4.78, 5) is 22.1. The van der Waals surface area contributed by atoms with Crippen LogP contribution in [0.1, 0.15) is 27.0 Å². The molecule has 0 unspecified atom stereocenters. The summed E-state index contributed by atoms with van der Waals surface area (Å²) in [6.45, 7) is 5.97. The lowest BCUT2D eigenvalue weighted by Crippen LogP contribution is -2.22. The molecule has 0 aliphatic rings. The van der Waals surface area contributed by atoms with E-state index in [4.69, 9.17) is 9.41 Å². The topological polar surface area (TPSA) is 67.5 Å². The number of nitrogens with one attached hydrogen (secondary N) is 1. The van der Waals surface area contributed by atoms with Crippen molar-refractivity contribution in [2.45, 2.75) is 20.8 Å². The third-order valence-corrected chi connectivity index (χ3v) is 5.40. The summed E-state index contributed by atoms with van der Waals surface area (Å²) in [5, 5.41) is 3.63. The zero-order chi connectivity index (χ0) is 21.3. The average molecular weight is 462 g/mol. The van der Waals surface area contributed by atoms with Gasteiger partial charge in [0.25, 0.3) is 5.91 Å². The molecule has 5 nitrogen and oxygen atoms in total. The summed E-state index contributed by atoms with van der Waals surface area (Å²) in [6, 6.07) is 17.0. The lowest BCUT2D eigenvalue weighted by atomic mass is 10.1. The van der Waals surface area contributed by atoms with Crippen LogP contribution >= 0.6 is 15.9 Å². The second kappa shape index (κ2) is 8.24. The van der Waals surface area contributed by atoms with E-state index < -0.39 is 0 Å². The number of halogens is 1. The lowest BCUT2D eigenvalue weighted by molar-refractivity contribution is 0.102. The van der Waals surface area contributed by atoms with Gasteiger partial charge in [0.1, 0.15) is 17.0 Å². The first kappa shape index (κ1) is 20.0. The van der Waals surface area contributed by atoms with Crippen LogP contribution in [0.3, 0.4) is 0 Å². The Morgan fingerprint density at radius 1 is 1.07 bits per heavy atom. The Labute approximate surface area is 182 Å². The molecule has 6 heteroatoms. The molecular formula is C24H20BrN3O2. The van der Waals surface area contributed by atoms with E-state index in [1.54, 1.807) is 18.3 Å². The lowest BCUT2D eigenvalue weighted by Gasteiger charge is -2.08. The van der Waals surface area contributed by atoms with E-state index in [2.05, 4.69) is 26.2 Å². The van der Waals surface area contributed by atoms with Crippen molar-refractivity contribution in [3.05, 3.63) is 93.1 Å². The fraction of sp³-hybridized carbons (Fsp3) is 0.125. The predicted octanol–water partition coefficient (Wildman–Crippen LogP) is 6.00. The maximum Gasteiger partial charge on any atom is 0.262 e. The standard InChI is InChI=1S/C24H20BrN3O2/c1-14-7-10-22(26-13-14)28-23(29)19-12-17-11-18(25)8-9-21(17)30-24(19)27-20-6-4-5-15(2)16(20)3/h4-13H,1-3H3,(H,26,28,29). The van der Waals surface area contributed by atoms with Crippen LogP contribution in [-0.2, 0) is 0 Å². The molecule has 1 N–H and O–H groups in total. The molecule has 30 heavy (non-hydrogen) atoms. The van der Waals surface area contributed by atoms with E-state index in [0.29, 0.717) is 17.0 Å². The number of fused-ring (bicyclic) bond motifs is 1. The van der Waals surface area contributed by atoms with Crippen LogP contribution in [0.4, 0.5) is 11.5 Å². The largest absolute Gasteiger partial charge is 0.438 e. The Morgan fingerprint density at radius 2 is 1.90 bits per heavy atom. The van der Waals surface area contributed by atoms with Gasteiger partial charge in [-0.2, -0.15) is 0 Å². The first-order valence-electron chi connectivity index (χ1n) is 9.49. The molecule has 0 atom stereocenters. The van der Waals surface area contributed by atoms with E-state index >= 15 is 0 Å². The fourth-order valence-corrected chi connectivity index (χ4v) is 3.42. The van der Waals surface area contributed by atoms with Crippen LogP contribution in [-0.4, -0.2) is 10.9 Å². The molecule has 2 aromatic heterocycles. The van der Waals surface area contributed by atoms with E-state index in [-0.39, 0.29) is 11.5 Å². The smallest absolute Gasteiger partial charge is 0.262 e. The van der Waals surface area contributed by atoms with Crippen molar-refractivity contribution in [1.29, 1.82) is 0 Å². The van der Waals surface area contributed by atoms with E-state index in [0.717, 1.165) is 32.2 Å². The van der Waals surface area contributed by atoms with E-state index in [1.165, 1.54) is 0 Å². The summed E-state index contributed by atoms with van der Waals surface area (Å²) in [5.74, 6) is 0.138. The highest BCUT2D eigenvalue weighted by Crippen LogP contribution is 2.23. The van der Waals surface area contributed by atoms with Crippen molar-refractivity contribution in [3.63, 3.8) is 0 Å². The molecule has 0 fully saturated rings. The average Bonchev–Trinajstić information content (AvgIpc) is 2.72. The molecule has 0 radical (unpaired) electrons. The molecule has 0 aliphatic heterocycles. The van der Waals surface area contributed by atoms with Gasteiger partial charge in [0.15, 0.2) is 0 Å². The van der Waals surface area contributed by atoms with Gasteiger partial charge in [0.2, 0.25) is 5.55 Å². The molecule has 0 aliphatic carbocycles. The Hall–Kier alpha value is -3.25. The first-order valence-corrected chi connectivity index (χ1v) is 10.3. The highest BCUT2D eigenvalue weighted by Gasteiger charge is 2.14. The molecule has 2 heterocycles. The number of hydrogen-bond acceptors (Lipinski definition) is 4. The van der Waals surface area contributed by atoms with E-state index in [1.807, 2.05) is 63.2 Å². The van der Waals surface area contributed by atoms with Crippen LogP contribution < -0.4 is 10.9 Å². The van der Waals surface area contributed by atoms with Crippen LogP contribution in [0, 0.1) is 20.8 Å². The molecular weight excluding hydrogens is 442 g/mol. The molecule has 4 aromatic rings. The maximum atomic E-state index is 13.1. The van der Waals surface area contributed by atoms with Gasteiger partial charge in [-0.3, -0.25) is 4.79 Å². The number of nitrogens with zero attached hydrogens (tertiary/aromatic N) is 2. The summed E-state index contributed by atoms with van der Waals surface area (Å²) in [6.07, 6.45) is 1.71. The predicted molar refractivity (Wildman–Crippen MR) is 122 cm³/mol. The number of carbonyl (C=O) groups excluding carboxylic acids is 1. The van der Waals surface area contributed by atoms with Gasteiger partial charge in [0, 0.05) is 16.1 Å². The van der Waals surface area contributed by atoms with Gasteiger partial charge in [0.05, 0.1) is 5.69 Å². The van der Waals surface area contributed by atoms with Gasteiger partial charge in [-0.05, 0) is 73.9 Å². The van der Waals surface area contributed by atoms with Crippen LogP contribution in [0.15, 0.2) is 74.7 Å². The molecule has 2 aromatic carbocycles. The summed E-state index contributed by atoms with van der Waals surface area (Å²) in [5.41, 5.74) is 5.17. The number of amides is 1. The van der Waals surface area contributed by atoms with Crippen molar-refractivity contribution < 1.29 is 9.21 Å². The van der Waals surface area contributed by atoms with Gasteiger partial charge in [-0.15, -0.1) is 0 Å². The number of benzene rings is 2. The first-order chi connectivity index (χ1) is 14.4. The van der Waals surface area contributed by atoms with Crippen molar-refractivity contribution in [3.8, 4) is 0 Å². The number of rotatable bonds is 3. The third-order valence-electron chi connectivity index (χ3n) is 4.90. The Kier molecular flexibility index (Phi) is 5.50. The minimum Gasteiger partial charge on any atom is -0.438 e. The monoisotopic (exact) mass is 461 g/mol. The number of carbonyl (C=O) groups is 1. The molecule has 150 valence electrons. The van der Waals surface area contributed by atoms with E-state index in [9.17, 15) is 4.79 Å². The van der Waals surface area contributed by atoms with Crippen LogP contribution in [0.5, 0.6) is 0 Å². The van der Waals surface area contributed by atoms with Gasteiger partial charge >= 0.3 is 0 Å². The van der Waals surface area contributed by atoms with Crippen molar-refractivity contribution in [2.24, 2.45) is 4.99 Å². The van der Waals surface area contributed by atoms with Crippen LogP contribution in [0.2, 0.25) is 0 Å². The maximum absolute atomic E-state index is 13.1. The van der Waals surface area contributed by atoms with Crippen molar-refractivity contribution in [1.82, 2.24) is 4.98 Å². The zero-order valence-electron chi connectivity index (χ0n) is 16.9. The zero-order valence-corrected chi connectivity index (χ0v) is 18.4. The highest BCUT2D eigenvalue weighted by molar-refractivity contribution is 9.10. The number of aromatic nitrogens is 1. The summed E-state index contributed by atoms with van der Waals surface area (Å²) in [7, 11) is 0. The normalized spacial score (nSPS) is 11.7. The van der Waals surface area contributed by atoms with Gasteiger partial charge in [-0.25, -0.2) is 9.98 Å². The molecule has 0 spiro atoms. The minimum atomic E-state index is -0.332. The summed E-state index contributed by atoms with van der Waals surface area (Å²) < 4.78 is 6.96. The number of pyridine rings is 1. The van der Waals surface area contributed by atoms with Crippen LogP contribution in [0.25, 0.3) is 11.0 Å². The fourth-order valence-electron chi connectivity index (χ4n) is 3.04. The van der Waals surface area contributed by atoms with Crippen molar-refractivity contribution >= 4 is 44.3 Å². The third kappa shape index (κ3) is 4.19. The molecule has 0 saturated carbocycles. The Bertz CT molecular complexity index is 1320. The second-order valence-corrected chi connectivity index (χ2v) is 8.07. The second-order valence-electron chi connectivity index (χ2n) is 7.15. The molecule has 0 bridgehead atoms. The quantitative estimate of drug-likeness (QED) is 0.406.